The number of rotatable bonds is 7. The number of piperidine rings is 1. The van der Waals surface area contributed by atoms with Crippen LogP contribution in [0.15, 0.2) is 4.99 Å². The van der Waals surface area contributed by atoms with E-state index in [1.165, 1.54) is 57.5 Å². The molecule has 136 valence electrons. The minimum absolute atomic E-state index is 0. The van der Waals surface area contributed by atoms with Crippen LogP contribution in [-0.4, -0.2) is 61.1 Å². The number of hydrogen-bond donors (Lipinski definition) is 2. The smallest absolute Gasteiger partial charge is 0.191 e. The first-order valence-corrected chi connectivity index (χ1v) is 10.2. The van der Waals surface area contributed by atoms with Gasteiger partial charge in [-0.15, -0.1) is 24.0 Å². The van der Waals surface area contributed by atoms with Crippen LogP contribution in [-0.2, 0) is 0 Å². The molecular weight excluding hydrogens is 419 g/mol. The van der Waals surface area contributed by atoms with Crippen LogP contribution in [0.5, 0.6) is 0 Å². The van der Waals surface area contributed by atoms with Crippen molar-refractivity contribution in [2.75, 3.05) is 45.0 Å². The van der Waals surface area contributed by atoms with E-state index in [9.17, 15) is 0 Å². The minimum Gasteiger partial charge on any atom is -0.357 e. The maximum absolute atomic E-state index is 4.75. The fourth-order valence-corrected chi connectivity index (χ4v) is 4.50. The standard InChI is InChI=1S/C17H34N4S.HI/c1-3-18-17(20-13-16-8-5-12-22-16)19-9-6-11-21-10-4-7-15(2)14-21;/h15-16H,3-14H2,1-2H3,(H2,18,19,20);1H. The lowest BCUT2D eigenvalue weighted by atomic mass is 10.0. The van der Waals surface area contributed by atoms with Crippen LogP contribution in [0, 0.1) is 5.92 Å². The third-order valence-electron chi connectivity index (χ3n) is 4.51. The molecule has 2 unspecified atom stereocenters. The molecular formula is C17H35IN4S. The fraction of sp³-hybridized carbons (Fsp3) is 0.941. The van der Waals surface area contributed by atoms with E-state index < -0.39 is 0 Å². The summed E-state index contributed by atoms with van der Waals surface area (Å²) in [6.45, 7) is 11.2. The zero-order valence-corrected chi connectivity index (χ0v) is 18.0. The third-order valence-corrected chi connectivity index (χ3v) is 5.89. The Balaban J connectivity index is 0.00000264. The molecule has 2 saturated heterocycles. The zero-order valence-electron chi connectivity index (χ0n) is 14.9. The van der Waals surface area contributed by atoms with Crippen molar-refractivity contribution in [3.05, 3.63) is 0 Å². The summed E-state index contributed by atoms with van der Waals surface area (Å²) in [7, 11) is 0. The monoisotopic (exact) mass is 454 g/mol. The Morgan fingerprint density at radius 2 is 2.13 bits per heavy atom. The lowest BCUT2D eigenvalue weighted by molar-refractivity contribution is 0.182. The largest absolute Gasteiger partial charge is 0.357 e. The van der Waals surface area contributed by atoms with Gasteiger partial charge in [0, 0.05) is 24.9 Å². The SMILES string of the molecule is CCNC(=NCC1CCCS1)NCCCN1CCCC(C)C1.I. The average Bonchev–Trinajstić information content (AvgIpc) is 3.02. The van der Waals surface area contributed by atoms with Crippen molar-refractivity contribution < 1.29 is 0 Å². The molecule has 0 radical (unpaired) electrons. The molecule has 0 aromatic heterocycles. The van der Waals surface area contributed by atoms with Gasteiger partial charge in [0.2, 0.25) is 0 Å². The Labute approximate surface area is 164 Å². The van der Waals surface area contributed by atoms with Gasteiger partial charge >= 0.3 is 0 Å². The first kappa shape index (κ1) is 21.4. The molecule has 2 aliphatic heterocycles. The quantitative estimate of drug-likeness (QED) is 0.268. The Morgan fingerprint density at radius 1 is 1.26 bits per heavy atom. The van der Waals surface area contributed by atoms with Gasteiger partial charge in [-0.1, -0.05) is 6.92 Å². The summed E-state index contributed by atoms with van der Waals surface area (Å²) in [5.74, 6) is 3.20. The molecule has 2 fully saturated rings. The summed E-state index contributed by atoms with van der Waals surface area (Å²) in [6, 6.07) is 0. The van der Waals surface area contributed by atoms with Gasteiger partial charge in [-0.2, -0.15) is 11.8 Å². The Morgan fingerprint density at radius 3 is 2.83 bits per heavy atom. The highest BCUT2D eigenvalue weighted by molar-refractivity contribution is 14.0. The van der Waals surface area contributed by atoms with Crippen molar-refractivity contribution in [3.63, 3.8) is 0 Å². The molecule has 0 saturated carbocycles. The van der Waals surface area contributed by atoms with Crippen LogP contribution in [0.1, 0.15) is 46.0 Å². The number of hydrogen-bond acceptors (Lipinski definition) is 3. The molecule has 2 N–H and O–H groups in total. The fourth-order valence-electron chi connectivity index (χ4n) is 3.32. The van der Waals surface area contributed by atoms with Gasteiger partial charge < -0.3 is 15.5 Å². The number of nitrogens with one attached hydrogen (secondary N) is 2. The van der Waals surface area contributed by atoms with Crippen LogP contribution in [0.2, 0.25) is 0 Å². The Hall–Kier alpha value is 0.310. The number of nitrogens with zero attached hydrogens (tertiary/aromatic N) is 2. The average molecular weight is 454 g/mol. The van der Waals surface area contributed by atoms with Gasteiger partial charge in [0.1, 0.15) is 0 Å². The lowest BCUT2D eigenvalue weighted by Gasteiger charge is -2.30. The van der Waals surface area contributed by atoms with Crippen molar-refractivity contribution in [2.45, 2.75) is 51.2 Å². The second kappa shape index (κ2) is 12.6. The van der Waals surface area contributed by atoms with E-state index in [1.54, 1.807) is 0 Å². The summed E-state index contributed by atoms with van der Waals surface area (Å²) >= 11 is 2.08. The highest BCUT2D eigenvalue weighted by atomic mass is 127. The van der Waals surface area contributed by atoms with Crippen LogP contribution in [0.25, 0.3) is 0 Å². The lowest BCUT2D eigenvalue weighted by Crippen LogP contribution is -2.40. The predicted octanol–water partition coefficient (Wildman–Crippen LogP) is 3.18. The highest BCUT2D eigenvalue weighted by Gasteiger charge is 2.16. The van der Waals surface area contributed by atoms with Crippen molar-refractivity contribution in [1.29, 1.82) is 0 Å². The first-order valence-electron chi connectivity index (χ1n) is 9.14. The topological polar surface area (TPSA) is 39.7 Å². The maximum Gasteiger partial charge on any atom is 0.191 e. The second-order valence-corrected chi connectivity index (χ2v) is 8.09. The molecule has 2 aliphatic rings. The van der Waals surface area contributed by atoms with Crippen molar-refractivity contribution in [3.8, 4) is 0 Å². The van der Waals surface area contributed by atoms with Crippen molar-refractivity contribution in [2.24, 2.45) is 10.9 Å². The minimum atomic E-state index is 0. The van der Waals surface area contributed by atoms with Gasteiger partial charge in [-0.3, -0.25) is 4.99 Å². The number of likely N-dealkylation sites (tertiary alicyclic amines) is 1. The number of guanidine groups is 1. The molecule has 0 spiro atoms. The number of thioether (sulfide) groups is 1. The molecule has 0 aliphatic carbocycles. The molecule has 0 amide bonds. The summed E-state index contributed by atoms with van der Waals surface area (Å²) in [6.07, 6.45) is 6.68. The van der Waals surface area contributed by atoms with E-state index in [0.29, 0.717) is 0 Å². The second-order valence-electron chi connectivity index (χ2n) is 6.68. The summed E-state index contributed by atoms with van der Waals surface area (Å²) < 4.78 is 0. The van der Waals surface area contributed by atoms with Gasteiger partial charge in [-0.25, -0.2) is 0 Å². The third kappa shape index (κ3) is 8.82. The number of halogens is 1. The van der Waals surface area contributed by atoms with Crippen molar-refractivity contribution in [1.82, 2.24) is 15.5 Å². The van der Waals surface area contributed by atoms with Crippen LogP contribution in [0.3, 0.4) is 0 Å². The molecule has 0 aromatic rings. The Kier molecular flexibility index (Phi) is 11.7. The first-order chi connectivity index (χ1) is 10.8. The summed E-state index contributed by atoms with van der Waals surface area (Å²) in [4.78, 5) is 7.37. The van der Waals surface area contributed by atoms with Crippen LogP contribution < -0.4 is 10.6 Å². The molecule has 6 heteroatoms. The van der Waals surface area contributed by atoms with Crippen LogP contribution in [0.4, 0.5) is 0 Å². The molecule has 4 nitrogen and oxygen atoms in total. The molecule has 0 aromatic carbocycles. The molecule has 0 bridgehead atoms. The Bertz CT molecular complexity index is 335. The molecule has 23 heavy (non-hydrogen) atoms. The molecule has 2 atom stereocenters. The van der Waals surface area contributed by atoms with E-state index >= 15 is 0 Å². The van der Waals surface area contributed by atoms with E-state index in [4.69, 9.17) is 4.99 Å². The molecule has 2 rings (SSSR count). The molecule has 2 heterocycles. The van der Waals surface area contributed by atoms with E-state index in [2.05, 4.69) is 41.1 Å². The zero-order chi connectivity index (χ0) is 15.6. The summed E-state index contributed by atoms with van der Waals surface area (Å²) in [5.41, 5.74) is 0. The van der Waals surface area contributed by atoms with Gasteiger partial charge in [-0.05, 0) is 63.8 Å². The number of aliphatic imine (C=N–C) groups is 1. The highest BCUT2D eigenvalue weighted by Crippen LogP contribution is 2.25. The summed E-state index contributed by atoms with van der Waals surface area (Å²) in [5, 5.41) is 7.61. The predicted molar refractivity (Wildman–Crippen MR) is 114 cm³/mol. The van der Waals surface area contributed by atoms with Gasteiger partial charge in [0.15, 0.2) is 5.96 Å². The van der Waals surface area contributed by atoms with E-state index in [0.717, 1.165) is 36.8 Å². The van der Waals surface area contributed by atoms with E-state index in [-0.39, 0.29) is 24.0 Å². The van der Waals surface area contributed by atoms with Gasteiger partial charge in [0.25, 0.3) is 0 Å². The normalized spacial score (nSPS) is 25.9. The van der Waals surface area contributed by atoms with Gasteiger partial charge in [0.05, 0.1) is 6.54 Å². The van der Waals surface area contributed by atoms with E-state index in [1.807, 2.05) is 0 Å². The van der Waals surface area contributed by atoms with Crippen LogP contribution >= 0.6 is 35.7 Å². The van der Waals surface area contributed by atoms with Crippen molar-refractivity contribution >= 4 is 41.7 Å². The maximum atomic E-state index is 4.75.